The van der Waals surface area contributed by atoms with Crippen LogP contribution in [-0.4, -0.2) is 53.1 Å². The molecule has 0 atom stereocenters. The second-order valence-electron chi connectivity index (χ2n) is 8.50. The van der Waals surface area contributed by atoms with Gasteiger partial charge in [-0.25, -0.2) is 9.78 Å². The van der Waals surface area contributed by atoms with Crippen molar-refractivity contribution in [3.8, 4) is 11.5 Å². The molecule has 182 valence electrons. The number of carbonyl (C=O) groups excluding carboxylic acids is 1. The number of aromatic nitrogens is 1. The molecule has 8 nitrogen and oxygen atoms in total. The molecular formula is C27H29N3O5. The van der Waals surface area contributed by atoms with Crippen LogP contribution >= 0.6 is 0 Å². The number of hydrogen-bond donors (Lipinski definition) is 2. The Labute approximate surface area is 204 Å². The van der Waals surface area contributed by atoms with E-state index in [9.17, 15) is 9.59 Å². The number of aromatic carboxylic acids is 1. The number of nitrogens with one attached hydrogen (secondary N) is 1. The minimum absolute atomic E-state index is 0.0447. The van der Waals surface area contributed by atoms with Gasteiger partial charge in [0, 0.05) is 24.4 Å². The average Bonchev–Trinajstić information content (AvgIpc) is 3.37. The summed E-state index contributed by atoms with van der Waals surface area (Å²) in [6, 6.07) is 15.9. The van der Waals surface area contributed by atoms with Crippen molar-refractivity contribution in [1.29, 1.82) is 0 Å². The van der Waals surface area contributed by atoms with Gasteiger partial charge in [-0.05, 0) is 68.2 Å². The molecule has 35 heavy (non-hydrogen) atoms. The molecule has 0 saturated carbocycles. The molecule has 0 unspecified atom stereocenters. The molecule has 0 spiro atoms. The Kier molecular flexibility index (Phi) is 7.95. The van der Waals surface area contributed by atoms with Crippen LogP contribution in [0.15, 0.2) is 60.8 Å². The Balaban J connectivity index is 1.49. The van der Waals surface area contributed by atoms with Crippen LogP contribution < -0.4 is 14.8 Å². The number of amides is 1. The number of likely N-dealkylation sites (tertiary alicyclic amines) is 1. The molecule has 1 aliphatic heterocycles. The van der Waals surface area contributed by atoms with Crippen LogP contribution in [0.5, 0.6) is 11.5 Å². The maximum Gasteiger partial charge on any atom is 0.337 e. The van der Waals surface area contributed by atoms with E-state index in [-0.39, 0.29) is 11.4 Å². The van der Waals surface area contributed by atoms with Crippen molar-refractivity contribution in [2.75, 3.05) is 31.6 Å². The van der Waals surface area contributed by atoms with Crippen LogP contribution in [0.3, 0.4) is 0 Å². The van der Waals surface area contributed by atoms with Crippen molar-refractivity contribution >= 4 is 17.7 Å². The Morgan fingerprint density at radius 1 is 1.00 bits per heavy atom. The highest BCUT2D eigenvalue weighted by Gasteiger charge is 2.14. The van der Waals surface area contributed by atoms with Gasteiger partial charge in [-0.2, -0.15) is 0 Å². The Morgan fingerprint density at radius 3 is 2.43 bits per heavy atom. The lowest BCUT2D eigenvalue weighted by molar-refractivity contribution is 0.0696. The minimum atomic E-state index is -1.08. The molecule has 1 amide bonds. The number of nitrogens with zero attached hydrogens (tertiary/aromatic N) is 2. The highest BCUT2D eigenvalue weighted by molar-refractivity contribution is 6.04. The van der Waals surface area contributed by atoms with Gasteiger partial charge in [0.15, 0.2) is 0 Å². The number of anilines is 1. The predicted molar refractivity (Wildman–Crippen MR) is 132 cm³/mol. The van der Waals surface area contributed by atoms with Gasteiger partial charge in [0.2, 0.25) is 0 Å². The highest BCUT2D eigenvalue weighted by atomic mass is 16.5. The van der Waals surface area contributed by atoms with E-state index in [2.05, 4.69) is 15.2 Å². The second-order valence-corrected chi connectivity index (χ2v) is 8.50. The third kappa shape index (κ3) is 6.80. The normalized spacial score (nSPS) is 13.4. The smallest absolute Gasteiger partial charge is 0.337 e. The predicted octanol–water partition coefficient (Wildman–Crippen LogP) is 4.39. The van der Waals surface area contributed by atoms with Crippen molar-refractivity contribution < 1.29 is 24.2 Å². The molecule has 2 heterocycles. The van der Waals surface area contributed by atoms with Crippen LogP contribution in [0.25, 0.3) is 0 Å². The van der Waals surface area contributed by atoms with Gasteiger partial charge in [-0.1, -0.05) is 24.3 Å². The summed E-state index contributed by atoms with van der Waals surface area (Å²) in [6.07, 6.45) is 3.63. The Morgan fingerprint density at radius 2 is 1.74 bits per heavy atom. The van der Waals surface area contributed by atoms with E-state index in [0.717, 1.165) is 30.8 Å². The SMILES string of the molecule is Cc1ccccc1COc1cc(OCCN2CCCC2)cc(C(=O)Nc2ccc(C(=O)O)cn2)c1. The molecule has 3 aromatic rings. The fraction of sp³-hybridized carbons (Fsp3) is 0.296. The third-order valence-corrected chi connectivity index (χ3v) is 5.92. The quantitative estimate of drug-likeness (QED) is 0.448. The van der Waals surface area contributed by atoms with Crippen molar-refractivity contribution in [3.63, 3.8) is 0 Å². The molecule has 0 bridgehead atoms. The van der Waals surface area contributed by atoms with Gasteiger partial charge >= 0.3 is 5.97 Å². The average molecular weight is 476 g/mol. The van der Waals surface area contributed by atoms with Gasteiger partial charge in [-0.15, -0.1) is 0 Å². The number of ether oxygens (including phenoxy) is 2. The lowest BCUT2D eigenvalue weighted by Crippen LogP contribution is -2.25. The number of hydrogen-bond acceptors (Lipinski definition) is 6. The van der Waals surface area contributed by atoms with E-state index >= 15 is 0 Å². The summed E-state index contributed by atoms with van der Waals surface area (Å²) in [5.41, 5.74) is 2.58. The van der Waals surface area contributed by atoms with Crippen LogP contribution in [0, 0.1) is 6.92 Å². The Bertz CT molecular complexity index is 1170. The molecule has 0 radical (unpaired) electrons. The van der Waals surface area contributed by atoms with E-state index in [1.165, 1.54) is 31.2 Å². The summed E-state index contributed by atoms with van der Waals surface area (Å²) < 4.78 is 12.0. The van der Waals surface area contributed by atoms with Crippen molar-refractivity contribution in [2.45, 2.75) is 26.4 Å². The summed E-state index contributed by atoms with van der Waals surface area (Å²) in [5.74, 6) is -0.157. The molecule has 2 aromatic carbocycles. The van der Waals surface area contributed by atoms with Crippen molar-refractivity contribution in [3.05, 3.63) is 83.0 Å². The maximum atomic E-state index is 13.0. The lowest BCUT2D eigenvalue weighted by Gasteiger charge is -2.16. The first-order valence-electron chi connectivity index (χ1n) is 11.7. The van der Waals surface area contributed by atoms with Crippen LogP contribution in [0.4, 0.5) is 5.82 Å². The molecule has 1 saturated heterocycles. The van der Waals surface area contributed by atoms with E-state index in [1.807, 2.05) is 31.2 Å². The zero-order valence-corrected chi connectivity index (χ0v) is 19.7. The summed E-state index contributed by atoms with van der Waals surface area (Å²) >= 11 is 0. The molecule has 1 aromatic heterocycles. The minimum Gasteiger partial charge on any atom is -0.492 e. The summed E-state index contributed by atoms with van der Waals surface area (Å²) in [4.78, 5) is 30.4. The zero-order chi connectivity index (χ0) is 24.6. The number of pyridine rings is 1. The molecule has 8 heteroatoms. The van der Waals surface area contributed by atoms with Crippen LogP contribution in [0.1, 0.15) is 44.7 Å². The van der Waals surface area contributed by atoms with Crippen molar-refractivity contribution in [1.82, 2.24) is 9.88 Å². The largest absolute Gasteiger partial charge is 0.492 e. The molecular weight excluding hydrogens is 446 g/mol. The monoisotopic (exact) mass is 475 g/mol. The van der Waals surface area contributed by atoms with Crippen molar-refractivity contribution in [2.24, 2.45) is 0 Å². The van der Waals surface area contributed by atoms with E-state index in [0.29, 0.717) is 30.3 Å². The number of carboxylic acid groups (broad SMARTS) is 1. The maximum absolute atomic E-state index is 13.0. The first-order chi connectivity index (χ1) is 17.0. The topological polar surface area (TPSA) is 101 Å². The standard InChI is InChI=1S/C27H29N3O5/c1-19-6-2-3-7-21(19)18-35-24-15-22(14-23(16-24)34-13-12-30-10-4-5-11-30)26(31)29-25-9-8-20(17-28-25)27(32)33/h2-3,6-9,14-17H,4-5,10-13,18H2,1H3,(H,32,33)(H,28,29,31). The summed E-state index contributed by atoms with van der Waals surface area (Å²) in [6.45, 7) is 5.91. The van der Waals surface area contributed by atoms with Gasteiger partial charge in [0.25, 0.3) is 5.91 Å². The number of aryl methyl sites for hydroxylation is 1. The molecule has 2 N–H and O–H groups in total. The molecule has 4 rings (SSSR count). The molecule has 0 aliphatic carbocycles. The zero-order valence-electron chi connectivity index (χ0n) is 19.7. The highest BCUT2D eigenvalue weighted by Crippen LogP contribution is 2.25. The van der Waals surface area contributed by atoms with Crippen LogP contribution in [-0.2, 0) is 6.61 Å². The van der Waals surface area contributed by atoms with Gasteiger partial charge < -0.3 is 19.9 Å². The number of carbonyl (C=O) groups is 2. The Hall–Kier alpha value is -3.91. The number of rotatable bonds is 10. The fourth-order valence-corrected chi connectivity index (χ4v) is 3.88. The second kappa shape index (κ2) is 11.5. The molecule has 1 fully saturated rings. The molecule has 1 aliphatic rings. The lowest BCUT2D eigenvalue weighted by atomic mass is 10.1. The number of carboxylic acids is 1. The van der Waals surface area contributed by atoms with E-state index < -0.39 is 11.9 Å². The van der Waals surface area contributed by atoms with Gasteiger partial charge in [0.1, 0.15) is 30.5 Å². The summed E-state index contributed by atoms with van der Waals surface area (Å²) in [7, 11) is 0. The van der Waals surface area contributed by atoms with E-state index in [4.69, 9.17) is 14.6 Å². The van der Waals surface area contributed by atoms with E-state index in [1.54, 1.807) is 18.2 Å². The van der Waals surface area contributed by atoms with Gasteiger partial charge in [-0.3, -0.25) is 9.69 Å². The third-order valence-electron chi connectivity index (χ3n) is 5.92. The van der Waals surface area contributed by atoms with Crippen LogP contribution in [0.2, 0.25) is 0 Å². The first kappa shape index (κ1) is 24.2. The summed E-state index contributed by atoms with van der Waals surface area (Å²) in [5, 5.41) is 11.7. The fourth-order valence-electron chi connectivity index (χ4n) is 3.88. The first-order valence-corrected chi connectivity index (χ1v) is 11.7. The van der Waals surface area contributed by atoms with Gasteiger partial charge in [0.05, 0.1) is 5.56 Å². The number of benzene rings is 2.